The Balaban J connectivity index is 2.23. The molecular formula is C12H13F2NO4. The van der Waals surface area contributed by atoms with Crippen LogP contribution in [0.3, 0.4) is 0 Å². The van der Waals surface area contributed by atoms with Gasteiger partial charge < -0.3 is 15.2 Å². The van der Waals surface area contributed by atoms with Gasteiger partial charge in [0.15, 0.2) is 0 Å². The number of benzene rings is 1. The van der Waals surface area contributed by atoms with Crippen LogP contribution >= 0.6 is 0 Å². The average molecular weight is 273 g/mol. The average Bonchev–Trinajstić information content (AvgIpc) is 2.31. The molecule has 0 fully saturated rings. The first-order valence-electron chi connectivity index (χ1n) is 5.55. The van der Waals surface area contributed by atoms with Crippen molar-refractivity contribution in [1.29, 1.82) is 0 Å². The minimum Gasteiger partial charge on any atom is -0.492 e. The lowest BCUT2D eigenvalue weighted by molar-refractivity contribution is -0.138. The van der Waals surface area contributed by atoms with E-state index in [-0.39, 0.29) is 31.7 Å². The third-order valence-corrected chi connectivity index (χ3v) is 2.09. The molecule has 0 heterocycles. The SMILES string of the molecule is O=C(O)CCC(=O)NCCOc1cc(F)cc(F)c1. The summed E-state index contributed by atoms with van der Waals surface area (Å²) in [4.78, 5) is 21.3. The van der Waals surface area contributed by atoms with Crippen LogP contribution in [0.2, 0.25) is 0 Å². The molecule has 0 bridgehead atoms. The number of hydrogen-bond acceptors (Lipinski definition) is 3. The molecular weight excluding hydrogens is 260 g/mol. The van der Waals surface area contributed by atoms with Crippen molar-refractivity contribution < 1.29 is 28.2 Å². The summed E-state index contributed by atoms with van der Waals surface area (Å²) >= 11 is 0. The van der Waals surface area contributed by atoms with E-state index in [0.29, 0.717) is 0 Å². The van der Waals surface area contributed by atoms with E-state index in [9.17, 15) is 18.4 Å². The second-order valence-electron chi connectivity index (χ2n) is 3.70. The summed E-state index contributed by atoms with van der Waals surface area (Å²) in [7, 11) is 0. The van der Waals surface area contributed by atoms with Crippen LogP contribution in [0.1, 0.15) is 12.8 Å². The molecule has 0 radical (unpaired) electrons. The Hall–Kier alpha value is -2.18. The highest BCUT2D eigenvalue weighted by molar-refractivity contribution is 5.80. The van der Waals surface area contributed by atoms with Crippen molar-refractivity contribution in [3.63, 3.8) is 0 Å². The lowest BCUT2D eigenvalue weighted by Gasteiger charge is -2.07. The van der Waals surface area contributed by atoms with Gasteiger partial charge in [-0.05, 0) is 0 Å². The molecule has 1 rings (SSSR count). The zero-order chi connectivity index (χ0) is 14.3. The quantitative estimate of drug-likeness (QED) is 0.735. The molecule has 104 valence electrons. The number of aliphatic carboxylic acids is 1. The van der Waals surface area contributed by atoms with Gasteiger partial charge in [-0.25, -0.2) is 8.78 Å². The number of carboxylic acid groups (broad SMARTS) is 1. The predicted octanol–water partition coefficient (Wildman–Crippen LogP) is 1.32. The van der Waals surface area contributed by atoms with Gasteiger partial charge in [-0.2, -0.15) is 0 Å². The number of amides is 1. The minimum absolute atomic E-state index is 0.0253. The van der Waals surface area contributed by atoms with Gasteiger partial charge in [0.2, 0.25) is 5.91 Å². The lowest BCUT2D eigenvalue weighted by atomic mass is 10.3. The number of carbonyl (C=O) groups is 2. The van der Waals surface area contributed by atoms with Crippen molar-refractivity contribution in [1.82, 2.24) is 5.32 Å². The maximum absolute atomic E-state index is 12.8. The zero-order valence-corrected chi connectivity index (χ0v) is 9.99. The van der Waals surface area contributed by atoms with Crippen molar-refractivity contribution in [2.24, 2.45) is 0 Å². The van der Waals surface area contributed by atoms with Crippen LogP contribution in [-0.2, 0) is 9.59 Å². The summed E-state index contributed by atoms with van der Waals surface area (Å²) in [6.07, 6.45) is -0.369. The molecule has 1 aromatic carbocycles. The van der Waals surface area contributed by atoms with Crippen LogP contribution in [0.4, 0.5) is 8.78 Å². The monoisotopic (exact) mass is 273 g/mol. The first-order chi connectivity index (χ1) is 8.97. The van der Waals surface area contributed by atoms with E-state index in [4.69, 9.17) is 9.84 Å². The predicted molar refractivity (Wildman–Crippen MR) is 61.7 cm³/mol. The van der Waals surface area contributed by atoms with Gasteiger partial charge in [-0.3, -0.25) is 9.59 Å². The van der Waals surface area contributed by atoms with E-state index in [0.717, 1.165) is 18.2 Å². The molecule has 0 aliphatic rings. The van der Waals surface area contributed by atoms with Crippen LogP contribution in [0.15, 0.2) is 18.2 Å². The number of hydrogen-bond donors (Lipinski definition) is 2. The standard InChI is InChI=1S/C12H13F2NO4/c13-8-5-9(14)7-10(6-8)19-4-3-15-11(16)1-2-12(17)18/h5-7H,1-4H2,(H,15,16)(H,17,18). The molecule has 0 atom stereocenters. The van der Waals surface area contributed by atoms with Crippen molar-refractivity contribution in [3.05, 3.63) is 29.8 Å². The normalized spacial score (nSPS) is 10.0. The highest BCUT2D eigenvalue weighted by Gasteiger charge is 2.05. The van der Waals surface area contributed by atoms with Gasteiger partial charge >= 0.3 is 5.97 Å². The molecule has 19 heavy (non-hydrogen) atoms. The number of carbonyl (C=O) groups excluding carboxylic acids is 1. The molecule has 7 heteroatoms. The van der Waals surface area contributed by atoms with Gasteiger partial charge in [-0.15, -0.1) is 0 Å². The lowest BCUT2D eigenvalue weighted by Crippen LogP contribution is -2.28. The molecule has 5 nitrogen and oxygen atoms in total. The largest absolute Gasteiger partial charge is 0.492 e. The molecule has 0 saturated carbocycles. The third kappa shape index (κ3) is 6.35. The van der Waals surface area contributed by atoms with E-state index in [1.807, 2.05) is 0 Å². The van der Waals surface area contributed by atoms with Crippen molar-refractivity contribution in [2.45, 2.75) is 12.8 Å². The molecule has 0 saturated heterocycles. The highest BCUT2D eigenvalue weighted by atomic mass is 19.1. The Labute approximate surface area is 108 Å². The molecule has 0 spiro atoms. The Kier molecular flexibility index (Phi) is 5.72. The Morgan fingerprint density at radius 3 is 2.37 bits per heavy atom. The maximum Gasteiger partial charge on any atom is 0.303 e. The number of nitrogens with one attached hydrogen (secondary N) is 1. The van der Waals surface area contributed by atoms with E-state index in [2.05, 4.69) is 5.32 Å². The van der Waals surface area contributed by atoms with Crippen LogP contribution in [0.5, 0.6) is 5.75 Å². The fourth-order valence-electron chi connectivity index (χ4n) is 1.28. The fourth-order valence-corrected chi connectivity index (χ4v) is 1.28. The van der Waals surface area contributed by atoms with Gasteiger partial charge in [0, 0.05) is 24.6 Å². The smallest absolute Gasteiger partial charge is 0.303 e. The topological polar surface area (TPSA) is 75.6 Å². The van der Waals surface area contributed by atoms with Gasteiger partial charge in [0.25, 0.3) is 0 Å². The number of carboxylic acids is 1. The van der Waals surface area contributed by atoms with Gasteiger partial charge in [0.05, 0.1) is 13.0 Å². The molecule has 0 aliphatic carbocycles. The van der Waals surface area contributed by atoms with E-state index < -0.39 is 23.5 Å². The van der Waals surface area contributed by atoms with E-state index in [1.54, 1.807) is 0 Å². The van der Waals surface area contributed by atoms with Crippen molar-refractivity contribution in [3.8, 4) is 5.75 Å². The first-order valence-corrected chi connectivity index (χ1v) is 5.55. The van der Waals surface area contributed by atoms with Crippen LogP contribution in [0.25, 0.3) is 0 Å². The number of ether oxygens (including phenoxy) is 1. The summed E-state index contributed by atoms with van der Waals surface area (Å²) in [6.45, 7) is 0.151. The van der Waals surface area contributed by atoms with Crippen molar-refractivity contribution in [2.75, 3.05) is 13.2 Å². The molecule has 1 aromatic rings. The van der Waals surface area contributed by atoms with Gasteiger partial charge in [0.1, 0.15) is 24.0 Å². The fraction of sp³-hybridized carbons (Fsp3) is 0.333. The van der Waals surface area contributed by atoms with E-state index >= 15 is 0 Å². The second-order valence-corrected chi connectivity index (χ2v) is 3.70. The van der Waals surface area contributed by atoms with Crippen molar-refractivity contribution >= 4 is 11.9 Å². The third-order valence-electron chi connectivity index (χ3n) is 2.09. The van der Waals surface area contributed by atoms with E-state index in [1.165, 1.54) is 0 Å². The van der Waals surface area contributed by atoms with Crippen LogP contribution in [0, 0.1) is 11.6 Å². The highest BCUT2D eigenvalue weighted by Crippen LogP contribution is 2.14. The summed E-state index contributed by atoms with van der Waals surface area (Å²) in [6, 6.07) is 2.77. The van der Waals surface area contributed by atoms with Crippen LogP contribution in [-0.4, -0.2) is 30.1 Å². The maximum atomic E-state index is 12.8. The number of rotatable bonds is 7. The molecule has 2 N–H and O–H groups in total. The Bertz CT molecular complexity index is 445. The number of halogens is 2. The summed E-state index contributed by atoms with van der Waals surface area (Å²) in [5.74, 6) is -2.95. The molecule has 0 aromatic heterocycles. The molecule has 0 unspecified atom stereocenters. The first kappa shape index (κ1) is 14.9. The summed E-state index contributed by atoms with van der Waals surface area (Å²) < 4.78 is 30.6. The van der Waals surface area contributed by atoms with Crippen LogP contribution < -0.4 is 10.1 Å². The Morgan fingerprint density at radius 1 is 1.16 bits per heavy atom. The summed E-state index contributed by atoms with van der Waals surface area (Å²) in [5, 5.41) is 10.8. The minimum atomic E-state index is -1.05. The molecule has 1 amide bonds. The van der Waals surface area contributed by atoms with Gasteiger partial charge in [-0.1, -0.05) is 0 Å². The molecule has 0 aliphatic heterocycles. The Morgan fingerprint density at radius 2 is 1.79 bits per heavy atom. The summed E-state index contributed by atoms with van der Waals surface area (Å²) in [5.41, 5.74) is 0. The zero-order valence-electron chi connectivity index (χ0n) is 9.99. The second kappa shape index (κ2) is 7.30.